The van der Waals surface area contributed by atoms with Crippen LogP contribution in [0.3, 0.4) is 0 Å². The van der Waals surface area contributed by atoms with Gasteiger partial charge in [-0.3, -0.25) is 14.7 Å². The monoisotopic (exact) mass is 291 g/mol. The third kappa shape index (κ3) is 2.78. The predicted molar refractivity (Wildman–Crippen MR) is 85.6 cm³/mol. The van der Waals surface area contributed by atoms with E-state index in [9.17, 15) is 10.1 Å². The average molecular weight is 291 g/mol. The fourth-order valence-corrected chi connectivity index (χ4v) is 2.20. The van der Waals surface area contributed by atoms with Crippen LogP contribution in [0.25, 0.3) is 17.8 Å². The highest BCUT2D eigenvalue weighted by Crippen LogP contribution is 2.23. The third-order valence-electron chi connectivity index (χ3n) is 3.23. The van der Waals surface area contributed by atoms with Gasteiger partial charge in [0.05, 0.1) is 4.92 Å². The van der Waals surface area contributed by atoms with E-state index in [4.69, 9.17) is 0 Å². The van der Waals surface area contributed by atoms with E-state index in [1.54, 1.807) is 35.2 Å². The Hall–Kier alpha value is -3.21. The fraction of sp³-hybridized carbons (Fsp3) is 0. The Morgan fingerprint density at radius 3 is 2.50 bits per heavy atom. The summed E-state index contributed by atoms with van der Waals surface area (Å²) in [5.74, 6) is 0.637. The number of aromatic nitrogens is 2. The summed E-state index contributed by atoms with van der Waals surface area (Å²) in [4.78, 5) is 15.0. The number of benzene rings is 2. The largest absolute Gasteiger partial charge is 0.294 e. The van der Waals surface area contributed by atoms with E-state index in [1.807, 2.05) is 42.5 Å². The minimum Gasteiger partial charge on any atom is -0.294 e. The number of nitrogens with zero attached hydrogens (tertiary/aromatic N) is 3. The maximum Gasteiger partial charge on any atom is 0.293 e. The maximum atomic E-state index is 11.2. The molecule has 22 heavy (non-hydrogen) atoms. The molecule has 0 atom stereocenters. The smallest absolute Gasteiger partial charge is 0.293 e. The second-order valence-electron chi connectivity index (χ2n) is 4.65. The second-order valence-corrected chi connectivity index (χ2v) is 4.65. The van der Waals surface area contributed by atoms with E-state index in [-0.39, 0.29) is 10.6 Å². The summed E-state index contributed by atoms with van der Waals surface area (Å²) in [6, 6.07) is 16.4. The molecular formula is C17H13N3O2. The van der Waals surface area contributed by atoms with Crippen molar-refractivity contribution in [2.24, 2.45) is 0 Å². The highest BCUT2D eigenvalue weighted by atomic mass is 16.6. The summed E-state index contributed by atoms with van der Waals surface area (Å²) in [6.45, 7) is 0. The van der Waals surface area contributed by atoms with Gasteiger partial charge in [0, 0.05) is 18.5 Å². The van der Waals surface area contributed by atoms with Gasteiger partial charge >= 0.3 is 0 Å². The molecule has 0 N–H and O–H groups in total. The Bertz CT molecular complexity index is 823. The van der Waals surface area contributed by atoms with Gasteiger partial charge < -0.3 is 0 Å². The van der Waals surface area contributed by atoms with E-state index in [0.29, 0.717) is 11.5 Å². The number of hydrogen-bond acceptors (Lipinski definition) is 3. The van der Waals surface area contributed by atoms with Crippen LogP contribution in [0, 0.1) is 10.1 Å². The van der Waals surface area contributed by atoms with Gasteiger partial charge in [0.1, 0.15) is 11.5 Å². The molecule has 1 heterocycles. The van der Waals surface area contributed by atoms with Gasteiger partial charge in [-0.2, -0.15) is 0 Å². The molecule has 0 bridgehead atoms. The summed E-state index contributed by atoms with van der Waals surface area (Å²) in [5, 5.41) is 11.2. The molecule has 0 saturated heterocycles. The van der Waals surface area contributed by atoms with Gasteiger partial charge in [0.25, 0.3) is 5.69 Å². The standard InChI is InChI=1S/C17H13N3O2/c21-20(22)16-9-5-4-8-15(16)19-13-12-18-17(19)11-10-14-6-2-1-3-7-14/h1-13H. The highest BCUT2D eigenvalue weighted by molar-refractivity contribution is 5.68. The minimum absolute atomic E-state index is 0.0508. The van der Waals surface area contributed by atoms with E-state index < -0.39 is 0 Å². The van der Waals surface area contributed by atoms with Crippen molar-refractivity contribution in [1.82, 2.24) is 9.55 Å². The first-order valence-electron chi connectivity index (χ1n) is 6.76. The minimum atomic E-state index is -0.389. The predicted octanol–water partition coefficient (Wildman–Crippen LogP) is 3.95. The number of imidazole rings is 1. The van der Waals surface area contributed by atoms with Gasteiger partial charge in [-0.15, -0.1) is 0 Å². The van der Waals surface area contributed by atoms with Crippen LogP contribution in [0.1, 0.15) is 11.4 Å². The lowest BCUT2D eigenvalue weighted by Gasteiger charge is -2.05. The molecule has 0 radical (unpaired) electrons. The zero-order valence-electron chi connectivity index (χ0n) is 11.7. The van der Waals surface area contributed by atoms with Crippen molar-refractivity contribution < 1.29 is 4.92 Å². The summed E-state index contributed by atoms with van der Waals surface area (Å²) < 4.78 is 1.71. The van der Waals surface area contributed by atoms with Crippen molar-refractivity contribution in [1.29, 1.82) is 0 Å². The summed E-state index contributed by atoms with van der Waals surface area (Å²) >= 11 is 0. The Labute approximate surface area is 127 Å². The molecule has 0 unspecified atom stereocenters. The van der Waals surface area contributed by atoms with Crippen molar-refractivity contribution in [2.75, 3.05) is 0 Å². The Balaban J connectivity index is 2.00. The first kappa shape index (κ1) is 13.8. The molecule has 0 aliphatic rings. The van der Waals surface area contributed by atoms with Crippen molar-refractivity contribution >= 4 is 17.8 Å². The number of para-hydroxylation sites is 2. The van der Waals surface area contributed by atoms with Crippen molar-refractivity contribution in [3.8, 4) is 5.69 Å². The fourth-order valence-electron chi connectivity index (χ4n) is 2.20. The zero-order chi connectivity index (χ0) is 15.4. The van der Waals surface area contributed by atoms with Crippen LogP contribution >= 0.6 is 0 Å². The van der Waals surface area contributed by atoms with Gasteiger partial charge in [-0.25, -0.2) is 4.98 Å². The molecule has 5 heteroatoms. The first-order valence-corrected chi connectivity index (χ1v) is 6.76. The van der Waals surface area contributed by atoms with E-state index in [2.05, 4.69) is 4.98 Å². The molecule has 2 aromatic carbocycles. The summed E-state index contributed by atoms with van der Waals surface area (Å²) in [5.41, 5.74) is 1.59. The number of rotatable bonds is 4. The van der Waals surface area contributed by atoms with Crippen molar-refractivity contribution in [2.45, 2.75) is 0 Å². The van der Waals surface area contributed by atoms with Crippen LogP contribution in [0.5, 0.6) is 0 Å². The van der Waals surface area contributed by atoms with Crippen LogP contribution in [-0.4, -0.2) is 14.5 Å². The number of hydrogen-bond donors (Lipinski definition) is 0. The van der Waals surface area contributed by atoms with Crippen molar-refractivity contribution in [3.05, 3.63) is 88.5 Å². The number of nitro benzene ring substituents is 1. The lowest BCUT2D eigenvalue weighted by atomic mass is 10.2. The molecule has 108 valence electrons. The maximum absolute atomic E-state index is 11.2. The van der Waals surface area contributed by atoms with Crippen LogP contribution in [0.2, 0.25) is 0 Å². The average Bonchev–Trinajstić information content (AvgIpc) is 3.02. The Kier molecular flexibility index (Phi) is 3.78. The summed E-state index contributed by atoms with van der Waals surface area (Å²) in [7, 11) is 0. The van der Waals surface area contributed by atoms with Crippen LogP contribution in [0.4, 0.5) is 5.69 Å². The zero-order valence-corrected chi connectivity index (χ0v) is 11.7. The molecule has 3 rings (SSSR count). The van der Waals surface area contributed by atoms with Crippen molar-refractivity contribution in [3.63, 3.8) is 0 Å². The van der Waals surface area contributed by atoms with E-state index in [0.717, 1.165) is 5.56 Å². The first-order chi connectivity index (χ1) is 10.8. The number of nitro groups is 1. The topological polar surface area (TPSA) is 61.0 Å². The van der Waals surface area contributed by atoms with Crippen LogP contribution in [0.15, 0.2) is 67.0 Å². The van der Waals surface area contributed by atoms with E-state index in [1.165, 1.54) is 6.07 Å². The molecule has 0 spiro atoms. The van der Waals surface area contributed by atoms with Crippen LogP contribution < -0.4 is 0 Å². The normalized spacial score (nSPS) is 10.9. The quantitative estimate of drug-likeness (QED) is 0.540. The lowest BCUT2D eigenvalue weighted by molar-refractivity contribution is -0.384. The van der Waals surface area contributed by atoms with E-state index >= 15 is 0 Å². The molecule has 0 amide bonds. The molecule has 5 nitrogen and oxygen atoms in total. The second kappa shape index (κ2) is 6.05. The molecule has 3 aromatic rings. The molecular weight excluding hydrogens is 278 g/mol. The lowest BCUT2D eigenvalue weighted by Crippen LogP contribution is -2.00. The molecule has 0 aliphatic heterocycles. The van der Waals surface area contributed by atoms with Gasteiger partial charge in [0.2, 0.25) is 0 Å². The van der Waals surface area contributed by atoms with Gasteiger partial charge in [-0.1, -0.05) is 48.5 Å². The summed E-state index contributed by atoms with van der Waals surface area (Å²) in [6.07, 6.45) is 7.11. The Morgan fingerprint density at radius 1 is 1.00 bits per heavy atom. The molecule has 1 aromatic heterocycles. The van der Waals surface area contributed by atoms with Gasteiger partial charge in [-0.05, 0) is 17.7 Å². The highest BCUT2D eigenvalue weighted by Gasteiger charge is 2.15. The molecule has 0 aliphatic carbocycles. The third-order valence-corrected chi connectivity index (χ3v) is 3.23. The Morgan fingerprint density at radius 2 is 1.73 bits per heavy atom. The molecule has 0 fully saturated rings. The molecule has 0 saturated carbocycles. The van der Waals surface area contributed by atoms with Gasteiger partial charge in [0.15, 0.2) is 0 Å². The SMILES string of the molecule is O=[N+]([O-])c1ccccc1-n1ccnc1C=Cc1ccccc1. The van der Waals surface area contributed by atoms with Crippen LogP contribution in [-0.2, 0) is 0 Å².